The van der Waals surface area contributed by atoms with Crippen LogP contribution in [0.15, 0.2) is 81.1 Å². The van der Waals surface area contributed by atoms with Crippen LogP contribution in [0.2, 0.25) is 0 Å². The van der Waals surface area contributed by atoms with Crippen LogP contribution < -0.4 is 20.4 Å². The van der Waals surface area contributed by atoms with Crippen LogP contribution in [0.4, 0.5) is 45.5 Å². The largest absolute Gasteiger partial charge is 3.00 e. The number of phenols is 2. The van der Waals surface area contributed by atoms with Gasteiger partial charge in [-0.15, -0.1) is 0 Å². The first-order chi connectivity index (χ1) is 21.6. The normalized spacial score (nSPS) is 10.6. The number of phenolic OH excluding ortho intramolecular Hbond substituents is 2. The molecule has 4 aromatic carbocycles. The standard InChI is InChI=1S/2C12H8N4O7.Fe/c2*17-7-1-2-8(11(18)5-7)13-14-9-3-6(15(20)21)4-10(12(9)19)16(22)23;/h2*1-5,17-19H;/q;;+3/p-4. The molecular weight excluding hydrogens is 680 g/mol. The van der Waals surface area contributed by atoms with Crippen LogP contribution in [0.3, 0.4) is 0 Å². The Morgan fingerprint density at radius 3 is 1.06 bits per heavy atom. The maximum absolute atomic E-state index is 11.8. The Morgan fingerprint density at radius 1 is 0.468 bits per heavy atom. The number of nitro benzene ring substituents is 4. The summed E-state index contributed by atoms with van der Waals surface area (Å²) >= 11 is 0. The molecule has 0 aliphatic rings. The molecule has 0 bridgehead atoms. The molecule has 0 spiro atoms. The molecule has 23 heteroatoms. The third-order valence-corrected chi connectivity index (χ3v) is 5.30. The van der Waals surface area contributed by atoms with Crippen LogP contribution in [0.25, 0.3) is 0 Å². The first-order valence-electron chi connectivity index (χ1n) is 11.7. The zero-order valence-corrected chi connectivity index (χ0v) is 23.6. The van der Waals surface area contributed by atoms with E-state index in [9.17, 15) is 60.9 Å². The van der Waals surface area contributed by atoms with Gasteiger partial charge >= 0.3 is 17.1 Å². The van der Waals surface area contributed by atoms with Crippen molar-refractivity contribution in [1.29, 1.82) is 0 Å². The van der Waals surface area contributed by atoms with Crippen molar-refractivity contribution < 1.29 is 67.4 Å². The summed E-state index contributed by atoms with van der Waals surface area (Å²) in [5.74, 6) is -4.36. The zero-order valence-electron chi connectivity index (χ0n) is 22.5. The van der Waals surface area contributed by atoms with E-state index in [1.807, 2.05) is 0 Å². The third kappa shape index (κ3) is 9.00. The van der Waals surface area contributed by atoms with Gasteiger partial charge in [0, 0.05) is 23.6 Å². The van der Waals surface area contributed by atoms with Crippen LogP contribution in [-0.4, -0.2) is 29.9 Å². The van der Waals surface area contributed by atoms with E-state index >= 15 is 0 Å². The molecule has 0 fully saturated rings. The van der Waals surface area contributed by atoms with Crippen molar-refractivity contribution in [3.8, 4) is 34.5 Å². The summed E-state index contributed by atoms with van der Waals surface area (Å²) in [5.41, 5.74) is -5.29. The van der Waals surface area contributed by atoms with Crippen molar-refractivity contribution in [2.75, 3.05) is 0 Å². The Labute approximate surface area is 268 Å². The van der Waals surface area contributed by atoms with Gasteiger partial charge in [-0.1, -0.05) is 11.5 Å². The molecule has 4 rings (SSSR count). The average Bonchev–Trinajstić information content (AvgIpc) is 2.97. The summed E-state index contributed by atoms with van der Waals surface area (Å²) in [5, 5.41) is 121. The second kappa shape index (κ2) is 15.1. The van der Waals surface area contributed by atoms with Gasteiger partial charge in [0.2, 0.25) is 0 Å². The van der Waals surface area contributed by atoms with Gasteiger partial charge in [0.1, 0.15) is 11.5 Å². The van der Waals surface area contributed by atoms with E-state index in [4.69, 9.17) is 10.2 Å². The first kappa shape index (κ1) is 36.2. The van der Waals surface area contributed by atoms with Crippen molar-refractivity contribution >= 4 is 45.5 Å². The molecule has 0 unspecified atom stereocenters. The van der Waals surface area contributed by atoms with E-state index < -0.39 is 76.8 Å². The van der Waals surface area contributed by atoms with Gasteiger partial charge in [-0.05, 0) is 36.4 Å². The second-order valence-corrected chi connectivity index (χ2v) is 8.36. The second-order valence-electron chi connectivity index (χ2n) is 8.36. The van der Waals surface area contributed by atoms with E-state index in [-0.39, 0.29) is 39.9 Å². The topological polar surface area (TPSA) is 355 Å². The summed E-state index contributed by atoms with van der Waals surface area (Å²) in [4.78, 5) is 39.0. The van der Waals surface area contributed by atoms with Crippen LogP contribution in [0.5, 0.6) is 34.5 Å². The molecule has 47 heavy (non-hydrogen) atoms. The average molecular weight is 692 g/mol. The molecule has 0 aromatic heterocycles. The molecule has 0 amide bonds. The fourth-order valence-electron chi connectivity index (χ4n) is 3.19. The van der Waals surface area contributed by atoms with Crippen molar-refractivity contribution in [2.45, 2.75) is 0 Å². The molecular formula is C24H12FeN8O14-. The van der Waals surface area contributed by atoms with E-state index in [0.29, 0.717) is 24.3 Å². The van der Waals surface area contributed by atoms with E-state index in [0.717, 1.165) is 36.4 Å². The molecule has 22 nitrogen and oxygen atoms in total. The molecule has 4 aromatic rings. The Hall–Kier alpha value is -7.00. The summed E-state index contributed by atoms with van der Waals surface area (Å²) in [6, 6.07) is 8.66. The minimum Gasteiger partial charge on any atom is -0.871 e. The molecule has 0 heterocycles. The molecule has 0 saturated carbocycles. The van der Waals surface area contributed by atoms with E-state index in [1.54, 1.807) is 0 Å². The Bertz CT molecular complexity index is 1810. The van der Waals surface area contributed by atoms with Gasteiger partial charge in [-0.2, -0.15) is 20.5 Å². The number of hydrogen-bond acceptors (Lipinski definition) is 18. The molecule has 0 saturated heterocycles. The number of azo groups is 2. The predicted molar refractivity (Wildman–Crippen MR) is 142 cm³/mol. The maximum atomic E-state index is 11.8. The third-order valence-electron chi connectivity index (χ3n) is 5.30. The maximum Gasteiger partial charge on any atom is 3.00 e. The number of nitrogens with zero attached hydrogens (tertiary/aromatic N) is 8. The zero-order chi connectivity index (χ0) is 34.3. The minimum absolute atomic E-state index is 0. The summed E-state index contributed by atoms with van der Waals surface area (Å²) in [6.45, 7) is 0. The van der Waals surface area contributed by atoms with Crippen LogP contribution in [-0.2, 0) is 17.1 Å². The predicted octanol–water partition coefficient (Wildman–Crippen LogP) is 3.54. The van der Waals surface area contributed by atoms with Gasteiger partial charge in [0.15, 0.2) is 0 Å². The van der Waals surface area contributed by atoms with Gasteiger partial charge in [0.25, 0.3) is 22.7 Å². The molecule has 0 aliphatic heterocycles. The Kier molecular flexibility index (Phi) is 11.7. The fourth-order valence-corrected chi connectivity index (χ4v) is 3.19. The summed E-state index contributed by atoms with van der Waals surface area (Å²) in [6.07, 6.45) is 0. The van der Waals surface area contributed by atoms with Crippen LogP contribution in [0.1, 0.15) is 0 Å². The molecule has 2 N–H and O–H groups in total. The number of non-ortho nitro benzene ring substituents is 2. The van der Waals surface area contributed by atoms with Gasteiger partial charge in [-0.3, -0.25) is 40.5 Å². The Morgan fingerprint density at radius 2 is 0.787 bits per heavy atom. The SMILES string of the molecule is O=[N+]([O-])c1cc(N=Nc2ccc(O)cc2[O-])c([O-])c([N+](=O)[O-])c1.O=[N+]([O-])c1cc(N=Nc2ccc(O)cc2[O-])c([O-])c([N+](=O)[O-])c1.[Fe+3]. The monoisotopic (exact) mass is 692 g/mol. The molecule has 0 atom stereocenters. The molecule has 0 aliphatic carbocycles. The van der Waals surface area contributed by atoms with Crippen molar-refractivity contribution in [3.63, 3.8) is 0 Å². The summed E-state index contributed by atoms with van der Waals surface area (Å²) < 4.78 is 0. The van der Waals surface area contributed by atoms with Gasteiger partial charge < -0.3 is 30.6 Å². The quantitative estimate of drug-likeness (QED) is 0.115. The van der Waals surface area contributed by atoms with Gasteiger partial charge in [-0.25, -0.2) is 0 Å². The fraction of sp³-hybridized carbons (Fsp3) is 0. The summed E-state index contributed by atoms with van der Waals surface area (Å²) in [7, 11) is 0. The number of nitro groups is 4. The van der Waals surface area contributed by atoms with Crippen LogP contribution in [0, 0.1) is 40.5 Å². The van der Waals surface area contributed by atoms with Gasteiger partial charge in [0.05, 0.1) is 54.6 Å². The molecule has 1 radical (unpaired) electrons. The number of benzene rings is 4. The molecule has 241 valence electrons. The number of hydrogen-bond donors (Lipinski definition) is 2. The van der Waals surface area contributed by atoms with Crippen molar-refractivity contribution in [1.82, 2.24) is 0 Å². The van der Waals surface area contributed by atoms with Crippen molar-refractivity contribution in [2.24, 2.45) is 20.5 Å². The number of rotatable bonds is 8. The van der Waals surface area contributed by atoms with Crippen molar-refractivity contribution in [3.05, 3.63) is 101 Å². The van der Waals surface area contributed by atoms with E-state index in [2.05, 4.69) is 20.5 Å². The minimum atomic E-state index is -1.17. The number of aromatic hydroxyl groups is 2. The Balaban J connectivity index is 0.000000320. The smallest absolute Gasteiger partial charge is 0.871 e. The van der Waals surface area contributed by atoms with Crippen LogP contribution >= 0.6 is 0 Å². The van der Waals surface area contributed by atoms with E-state index in [1.165, 1.54) is 0 Å². The first-order valence-corrected chi connectivity index (χ1v) is 11.7.